The molecule has 0 aromatic carbocycles. The molecule has 3 nitrogen and oxygen atoms in total. The molecule has 0 saturated heterocycles. The van der Waals surface area contributed by atoms with Crippen LogP contribution < -0.4 is 5.32 Å². The lowest BCUT2D eigenvalue weighted by molar-refractivity contribution is -0.142. The predicted molar refractivity (Wildman–Crippen MR) is 62.9 cm³/mol. The average Bonchev–Trinajstić information content (AvgIpc) is 2.24. The topological polar surface area (TPSA) is 38.3 Å². The van der Waals surface area contributed by atoms with E-state index in [1.807, 2.05) is 0 Å². The molecule has 1 N–H and O–H groups in total. The summed E-state index contributed by atoms with van der Waals surface area (Å²) in [5.41, 5.74) is 0. The zero-order chi connectivity index (χ0) is 11.5. The summed E-state index contributed by atoms with van der Waals surface area (Å²) in [6.45, 7) is 7.26. The summed E-state index contributed by atoms with van der Waals surface area (Å²) in [6.07, 6.45) is 5.55. The van der Waals surface area contributed by atoms with E-state index in [1.54, 1.807) is 0 Å². The molecule has 15 heavy (non-hydrogen) atoms. The van der Waals surface area contributed by atoms with Crippen LogP contribution in [0.15, 0.2) is 0 Å². The number of carbonyl (C=O) groups is 1. The zero-order valence-electron chi connectivity index (χ0n) is 10.3. The Kier molecular flexibility index (Phi) is 9.59. The SMILES string of the molecule is CCCCOC(=O)CNC(C)CCCC. The summed E-state index contributed by atoms with van der Waals surface area (Å²) in [6, 6.07) is 0.406. The number of hydrogen-bond donors (Lipinski definition) is 1. The van der Waals surface area contributed by atoms with E-state index in [0.29, 0.717) is 19.2 Å². The standard InChI is InChI=1S/C12H25NO2/c1-4-6-8-11(3)13-10-12(14)15-9-7-5-2/h11,13H,4-10H2,1-3H3. The van der Waals surface area contributed by atoms with Crippen molar-refractivity contribution in [3.8, 4) is 0 Å². The van der Waals surface area contributed by atoms with Gasteiger partial charge < -0.3 is 10.1 Å². The number of hydrogen-bond acceptors (Lipinski definition) is 3. The molecule has 0 heterocycles. The van der Waals surface area contributed by atoms with E-state index in [2.05, 4.69) is 26.1 Å². The molecule has 0 fully saturated rings. The smallest absolute Gasteiger partial charge is 0.319 e. The molecular formula is C12H25NO2. The van der Waals surface area contributed by atoms with Gasteiger partial charge in [0.15, 0.2) is 0 Å². The molecule has 0 saturated carbocycles. The second-order valence-electron chi connectivity index (χ2n) is 4.00. The van der Waals surface area contributed by atoms with Gasteiger partial charge in [0.25, 0.3) is 0 Å². The van der Waals surface area contributed by atoms with E-state index in [0.717, 1.165) is 19.3 Å². The zero-order valence-corrected chi connectivity index (χ0v) is 10.3. The van der Waals surface area contributed by atoms with Crippen molar-refractivity contribution in [3.63, 3.8) is 0 Å². The quantitative estimate of drug-likeness (QED) is 0.474. The Labute approximate surface area is 93.6 Å². The molecule has 1 atom stereocenters. The average molecular weight is 215 g/mol. The Hall–Kier alpha value is -0.570. The molecule has 0 radical (unpaired) electrons. The molecule has 0 aromatic heterocycles. The minimum Gasteiger partial charge on any atom is -0.465 e. The van der Waals surface area contributed by atoms with Gasteiger partial charge in [-0.05, 0) is 19.8 Å². The molecule has 3 heteroatoms. The number of carbonyl (C=O) groups excluding carboxylic acids is 1. The van der Waals surface area contributed by atoms with E-state index in [4.69, 9.17) is 4.74 Å². The lowest BCUT2D eigenvalue weighted by Gasteiger charge is -2.12. The first-order chi connectivity index (χ1) is 7.20. The summed E-state index contributed by atoms with van der Waals surface area (Å²) >= 11 is 0. The van der Waals surface area contributed by atoms with E-state index in [-0.39, 0.29) is 5.97 Å². The first-order valence-electron chi connectivity index (χ1n) is 6.09. The van der Waals surface area contributed by atoms with Crippen LogP contribution in [0.25, 0.3) is 0 Å². The minimum absolute atomic E-state index is 0.133. The number of unbranched alkanes of at least 4 members (excludes halogenated alkanes) is 2. The Morgan fingerprint density at radius 3 is 2.53 bits per heavy atom. The minimum atomic E-state index is -0.133. The maximum absolute atomic E-state index is 11.2. The highest BCUT2D eigenvalue weighted by molar-refractivity contribution is 5.71. The fourth-order valence-corrected chi connectivity index (χ4v) is 1.25. The summed E-state index contributed by atoms with van der Waals surface area (Å²) < 4.78 is 5.04. The highest BCUT2D eigenvalue weighted by Crippen LogP contribution is 1.99. The molecule has 0 aromatic rings. The summed E-state index contributed by atoms with van der Waals surface area (Å²) in [4.78, 5) is 11.2. The van der Waals surface area contributed by atoms with Crippen molar-refractivity contribution in [1.82, 2.24) is 5.32 Å². The lowest BCUT2D eigenvalue weighted by atomic mass is 10.1. The highest BCUT2D eigenvalue weighted by atomic mass is 16.5. The maximum Gasteiger partial charge on any atom is 0.319 e. The van der Waals surface area contributed by atoms with Gasteiger partial charge in [-0.15, -0.1) is 0 Å². The van der Waals surface area contributed by atoms with Gasteiger partial charge in [0.2, 0.25) is 0 Å². The third kappa shape index (κ3) is 9.73. The first-order valence-corrected chi connectivity index (χ1v) is 6.09. The monoisotopic (exact) mass is 215 g/mol. The summed E-state index contributed by atoms with van der Waals surface area (Å²) in [7, 11) is 0. The van der Waals surface area contributed by atoms with E-state index >= 15 is 0 Å². The van der Waals surface area contributed by atoms with Gasteiger partial charge in [-0.3, -0.25) is 4.79 Å². The second kappa shape index (κ2) is 9.97. The molecule has 0 aliphatic heterocycles. The van der Waals surface area contributed by atoms with Crippen molar-refractivity contribution in [2.75, 3.05) is 13.2 Å². The van der Waals surface area contributed by atoms with Crippen LogP contribution in [-0.2, 0) is 9.53 Å². The molecule has 1 unspecified atom stereocenters. The second-order valence-corrected chi connectivity index (χ2v) is 4.00. The Morgan fingerprint density at radius 1 is 1.27 bits per heavy atom. The van der Waals surface area contributed by atoms with Crippen molar-refractivity contribution in [3.05, 3.63) is 0 Å². The third-order valence-electron chi connectivity index (χ3n) is 2.35. The molecule has 0 bridgehead atoms. The predicted octanol–water partition coefficient (Wildman–Crippen LogP) is 2.50. The van der Waals surface area contributed by atoms with Gasteiger partial charge in [0, 0.05) is 6.04 Å². The summed E-state index contributed by atoms with van der Waals surface area (Å²) in [5.74, 6) is -0.133. The van der Waals surface area contributed by atoms with Crippen molar-refractivity contribution in [2.24, 2.45) is 0 Å². The van der Waals surface area contributed by atoms with Gasteiger partial charge in [0.1, 0.15) is 0 Å². The maximum atomic E-state index is 11.2. The van der Waals surface area contributed by atoms with Crippen LogP contribution in [0.1, 0.15) is 52.9 Å². The lowest BCUT2D eigenvalue weighted by Crippen LogP contribution is -2.32. The largest absolute Gasteiger partial charge is 0.465 e. The van der Waals surface area contributed by atoms with Gasteiger partial charge in [-0.2, -0.15) is 0 Å². The van der Waals surface area contributed by atoms with E-state index in [9.17, 15) is 4.79 Å². The summed E-state index contributed by atoms with van der Waals surface area (Å²) in [5, 5.41) is 3.17. The fourth-order valence-electron chi connectivity index (χ4n) is 1.25. The Balaban J connectivity index is 3.36. The van der Waals surface area contributed by atoms with E-state index in [1.165, 1.54) is 12.8 Å². The van der Waals surface area contributed by atoms with Crippen molar-refractivity contribution < 1.29 is 9.53 Å². The molecule has 0 amide bonds. The van der Waals surface area contributed by atoms with Crippen LogP contribution in [0, 0.1) is 0 Å². The van der Waals surface area contributed by atoms with Crippen LogP contribution in [0.4, 0.5) is 0 Å². The molecule has 90 valence electrons. The van der Waals surface area contributed by atoms with Gasteiger partial charge in [-0.25, -0.2) is 0 Å². The third-order valence-corrected chi connectivity index (χ3v) is 2.35. The molecule has 0 spiro atoms. The number of esters is 1. The van der Waals surface area contributed by atoms with Crippen molar-refractivity contribution in [2.45, 2.75) is 58.9 Å². The van der Waals surface area contributed by atoms with Crippen LogP contribution >= 0.6 is 0 Å². The number of ether oxygens (including phenoxy) is 1. The Morgan fingerprint density at radius 2 is 1.93 bits per heavy atom. The van der Waals surface area contributed by atoms with Crippen molar-refractivity contribution in [1.29, 1.82) is 0 Å². The van der Waals surface area contributed by atoms with Crippen LogP contribution in [-0.4, -0.2) is 25.2 Å². The van der Waals surface area contributed by atoms with Crippen LogP contribution in [0.5, 0.6) is 0 Å². The first kappa shape index (κ1) is 14.4. The highest BCUT2D eigenvalue weighted by Gasteiger charge is 2.05. The number of nitrogens with one attached hydrogen (secondary N) is 1. The van der Waals surface area contributed by atoms with Gasteiger partial charge in [-0.1, -0.05) is 33.1 Å². The van der Waals surface area contributed by atoms with Crippen LogP contribution in [0.2, 0.25) is 0 Å². The van der Waals surface area contributed by atoms with E-state index < -0.39 is 0 Å². The van der Waals surface area contributed by atoms with Crippen molar-refractivity contribution >= 4 is 5.97 Å². The van der Waals surface area contributed by atoms with Gasteiger partial charge >= 0.3 is 5.97 Å². The van der Waals surface area contributed by atoms with Gasteiger partial charge in [0.05, 0.1) is 13.2 Å². The Bertz CT molecular complexity index is 160. The normalized spacial score (nSPS) is 12.5. The molecule has 0 aliphatic carbocycles. The fraction of sp³-hybridized carbons (Fsp3) is 0.917. The molecule has 0 aliphatic rings. The van der Waals surface area contributed by atoms with Crippen LogP contribution in [0.3, 0.4) is 0 Å². The molecule has 0 rings (SSSR count). The number of rotatable bonds is 9. The molecular weight excluding hydrogens is 190 g/mol.